The van der Waals surface area contributed by atoms with Gasteiger partial charge in [-0.2, -0.15) is 22.3 Å². The Bertz CT molecular complexity index is 454. The monoisotopic (exact) mass is 389 g/mol. The van der Waals surface area contributed by atoms with E-state index >= 15 is 0 Å². The average molecular weight is 391 g/mol. The van der Waals surface area contributed by atoms with E-state index in [0.717, 1.165) is 0 Å². The summed E-state index contributed by atoms with van der Waals surface area (Å²) >= 11 is 0. The van der Waals surface area contributed by atoms with Crippen molar-refractivity contribution in [3.63, 3.8) is 0 Å². The summed E-state index contributed by atoms with van der Waals surface area (Å²) in [5.41, 5.74) is 6.88. The predicted molar refractivity (Wildman–Crippen MR) is 73.7 cm³/mol. The molecule has 0 saturated heterocycles. The van der Waals surface area contributed by atoms with Crippen LogP contribution in [0.1, 0.15) is 45.7 Å². The first-order valence-corrected chi connectivity index (χ1v) is 6.08. The van der Waals surface area contributed by atoms with Gasteiger partial charge in [0.15, 0.2) is 0 Å². The molecular formula is C16H23Cl2NZr. The summed E-state index contributed by atoms with van der Waals surface area (Å²) in [6.07, 6.45) is 8.32. The van der Waals surface area contributed by atoms with Gasteiger partial charge < -0.3 is 29.8 Å². The molecule has 0 radical (unpaired) electrons. The number of hydrogen-bond acceptors (Lipinski definition) is 0. The summed E-state index contributed by atoms with van der Waals surface area (Å²) in [5, 5.41) is 0. The number of aromatic nitrogens is 1. The first-order valence-electron chi connectivity index (χ1n) is 6.08. The van der Waals surface area contributed by atoms with Crippen LogP contribution in [0.2, 0.25) is 0 Å². The molecule has 0 saturated carbocycles. The smallest absolute Gasteiger partial charge is 1.00 e. The van der Waals surface area contributed by atoms with Crippen LogP contribution in [0.15, 0.2) is 22.9 Å². The SMILES string of the molecule is CC1=[C-]C(C)(C)C(C)=C1C.Cc1[c-][nH]cc1C.[Cl-].[Cl-].[Zr+4]. The van der Waals surface area contributed by atoms with Crippen LogP contribution in [0.5, 0.6) is 0 Å². The molecule has 0 atom stereocenters. The van der Waals surface area contributed by atoms with E-state index in [9.17, 15) is 0 Å². The number of hydrogen-bond donors (Lipinski definition) is 1. The number of allylic oxidation sites excluding steroid dienone is 4. The van der Waals surface area contributed by atoms with Gasteiger partial charge in [-0.15, -0.1) is 19.3 Å². The van der Waals surface area contributed by atoms with Gasteiger partial charge in [-0.3, -0.25) is 6.08 Å². The van der Waals surface area contributed by atoms with E-state index in [4.69, 9.17) is 0 Å². The topological polar surface area (TPSA) is 15.8 Å². The molecule has 1 N–H and O–H groups in total. The van der Waals surface area contributed by atoms with E-state index in [1.54, 1.807) is 0 Å². The van der Waals surface area contributed by atoms with Crippen LogP contribution >= 0.6 is 0 Å². The number of aryl methyl sites for hydroxylation is 2. The standard InChI is InChI=1S/C10H15.C6H8N.2ClH.Zr/c1-7-6-10(4,5)9(3)8(7)2;1-5-3-7-4-6(5)2;;;/h1-5H3;3,7H,1-2H3;2*1H;/q2*-1;;;+4/p-2. The Hall–Kier alpha value is 0.223. The van der Waals surface area contributed by atoms with Gasteiger partial charge in [0.25, 0.3) is 0 Å². The maximum Gasteiger partial charge on any atom is 4.00 e. The molecule has 0 amide bonds. The van der Waals surface area contributed by atoms with Crippen molar-refractivity contribution in [1.29, 1.82) is 0 Å². The van der Waals surface area contributed by atoms with Crippen LogP contribution in [0, 0.1) is 31.5 Å². The van der Waals surface area contributed by atoms with E-state index in [-0.39, 0.29) is 56.4 Å². The molecule has 1 aliphatic rings. The summed E-state index contributed by atoms with van der Waals surface area (Å²) in [4.78, 5) is 2.87. The maximum atomic E-state index is 3.44. The van der Waals surface area contributed by atoms with Gasteiger partial charge in [-0.25, -0.2) is 5.57 Å². The zero-order valence-corrected chi connectivity index (χ0v) is 17.3. The number of H-pyrrole nitrogens is 1. The Labute approximate surface area is 155 Å². The molecule has 1 aromatic rings. The van der Waals surface area contributed by atoms with Gasteiger partial charge in [-0.05, 0) is 0 Å². The third-order valence-corrected chi connectivity index (χ3v) is 3.70. The van der Waals surface area contributed by atoms with Gasteiger partial charge in [0.1, 0.15) is 0 Å². The fourth-order valence-electron chi connectivity index (χ4n) is 1.87. The van der Waals surface area contributed by atoms with Crippen LogP contribution in [-0.4, -0.2) is 4.98 Å². The molecule has 1 nitrogen and oxygen atoms in total. The summed E-state index contributed by atoms with van der Waals surface area (Å²) in [6, 6.07) is 0. The van der Waals surface area contributed by atoms with Gasteiger partial charge in [0.05, 0.1) is 0 Å². The Morgan fingerprint density at radius 1 is 1.00 bits per heavy atom. The fraction of sp³-hybridized carbons (Fsp3) is 0.500. The maximum absolute atomic E-state index is 3.44. The van der Waals surface area contributed by atoms with E-state index in [2.05, 4.69) is 58.8 Å². The molecule has 0 spiro atoms. The van der Waals surface area contributed by atoms with Crippen LogP contribution in [-0.2, 0) is 26.2 Å². The Balaban J connectivity index is -0.000000262. The zero-order valence-electron chi connectivity index (χ0n) is 13.3. The minimum absolute atomic E-state index is 0. The first kappa shape index (κ1) is 25.2. The molecule has 2 rings (SSSR count). The fourth-order valence-corrected chi connectivity index (χ4v) is 1.87. The van der Waals surface area contributed by atoms with Crippen molar-refractivity contribution >= 4 is 0 Å². The number of rotatable bonds is 0. The molecule has 1 heterocycles. The molecule has 1 aliphatic carbocycles. The van der Waals surface area contributed by atoms with E-state index in [1.807, 2.05) is 13.1 Å². The largest absolute Gasteiger partial charge is 4.00 e. The molecular weight excluding hydrogens is 368 g/mol. The Morgan fingerprint density at radius 3 is 1.60 bits per heavy atom. The van der Waals surface area contributed by atoms with E-state index in [1.165, 1.54) is 27.8 Å². The van der Waals surface area contributed by atoms with Crippen LogP contribution in [0.25, 0.3) is 0 Å². The number of halogens is 2. The molecule has 0 aromatic carbocycles. The molecule has 0 unspecified atom stereocenters. The third-order valence-electron chi connectivity index (χ3n) is 3.70. The van der Waals surface area contributed by atoms with Crippen molar-refractivity contribution in [3.05, 3.63) is 46.3 Å². The van der Waals surface area contributed by atoms with Crippen LogP contribution < -0.4 is 24.8 Å². The quantitative estimate of drug-likeness (QED) is 0.521. The third kappa shape index (κ3) is 6.33. The second kappa shape index (κ2) is 10.0. The van der Waals surface area contributed by atoms with Crippen molar-refractivity contribution in [2.24, 2.45) is 5.41 Å². The summed E-state index contributed by atoms with van der Waals surface area (Å²) in [7, 11) is 0. The van der Waals surface area contributed by atoms with Crippen LogP contribution in [0.4, 0.5) is 0 Å². The van der Waals surface area contributed by atoms with E-state index in [0.29, 0.717) is 0 Å². The molecule has 1 aromatic heterocycles. The minimum Gasteiger partial charge on any atom is -1.00 e. The normalized spacial score (nSPS) is 15.1. The second-order valence-corrected chi connectivity index (χ2v) is 5.35. The zero-order chi connectivity index (χ0) is 13.2. The van der Waals surface area contributed by atoms with Gasteiger partial charge in [0.2, 0.25) is 0 Å². The molecule has 0 aliphatic heterocycles. The number of aromatic amines is 1. The molecule has 20 heavy (non-hydrogen) atoms. The Morgan fingerprint density at radius 2 is 1.50 bits per heavy atom. The summed E-state index contributed by atoms with van der Waals surface area (Å²) < 4.78 is 0. The molecule has 0 fully saturated rings. The first-order chi connectivity index (χ1) is 7.75. The summed E-state index contributed by atoms with van der Waals surface area (Å²) in [5.74, 6) is 0. The van der Waals surface area contributed by atoms with Crippen molar-refractivity contribution in [1.82, 2.24) is 4.98 Å². The molecule has 4 heteroatoms. The predicted octanol–water partition coefficient (Wildman–Crippen LogP) is -1.45. The van der Waals surface area contributed by atoms with Crippen molar-refractivity contribution < 1.29 is 51.0 Å². The van der Waals surface area contributed by atoms with Crippen molar-refractivity contribution in [3.8, 4) is 0 Å². The van der Waals surface area contributed by atoms with Gasteiger partial charge in [-0.1, -0.05) is 47.0 Å². The summed E-state index contributed by atoms with van der Waals surface area (Å²) in [6.45, 7) is 15.0. The Kier molecular flexibility index (Phi) is 12.6. The average Bonchev–Trinajstić information content (AvgIpc) is 2.67. The van der Waals surface area contributed by atoms with Crippen molar-refractivity contribution in [2.75, 3.05) is 0 Å². The number of nitrogens with one attached hydrogen (secondary N) is 1. The van der Waals surface area contributed by atoms with Gasteiger partial charge in [0, 0.05) is 0 Å². The second-order valence-electron chi connectivity index (χ2n) is 5.35. The molecule has 110 valence electrons. The van der Waals surface area contributed by atoms with Gasteiger partial charge >= 0.3 is 26.2 Å². The minimum atomic E-state index is 0. The van der Waals surface area contributed by atoms with Crippen LogP contribution in [0.3, 0.4) is 0 Å². The molecule has 0 bridgehead atoms. The van der Waals surface area contributed by atoms with Crippen molar-refractivity contribution in [2.45, 2.75) is 48.5 Å². The van der Waals surface area contributed by atoms with E-state index < -0.39 is 0 Å².